The Kier molecular flexibility index (Phi) is 41.7. The summed E-state index contributed by atoms with van der Waals surface area (Å²) < 4.78 is 0. The number of carbonyl (C=O) groups excluding carboxylic acids is 15. The molecule has 3 saturated heterocycles. The third kappa shape index (κ3) is 34.5. The summed E-state index contributed by atoms with van der Waals surface area (Å²) in [5.74, 6) is -18.1. The Morgan fingerprint density at radius 3 is 1.37 bits per heavy atom. The summed E-state index contributed by atoms with van der Waals surface area (Å²) >= 11 is 0. The first-order chi connectivity index (χ1) is 58.2. The zero-order chi connectivity index (χ0) is 91.3. The van der Waals surface area contributed by atoms with E-state index in [9.17, 15) is 92.3 Å². The van der Waals surface area contributed by atoms with E-state index in [1.54, 1.807) is 41.5 Å². The first kappa shape index (κ1) is 101. The highest BCUT2D eigenvalue weighted by atomic mass is 16.4. The number of aromatic hydroxyl groups is 2. The van der Waals surface area contributed by atoms with E-state index in [2.05, 4.69) is 74.4 Å². The maximum atomic E-state index is 15.2. The van der Waals surface area contributed by atoms with Crippen molar-refractivity contribution < 1.29 is 102 Å². The van der Waals surface area contributed by atoms with E-state index in [1.807, 2.05) is 0 Å². The number of carboxylic acids is 2. The molecule has 0 aliphatic carbocycles. The number of nitrogens with one attached hydrogen (secondary N) is 16. The molecule has 123 heavy (non-hydrogen) atoms. The van der Waals surface area contributed by atoms with Gasteiger partial charge in [0.1, 0.15) is 90.0 Å². The highest BCUT2D eigenvalue weighted by Crippen LogP contribution is 2.25. The van der Waals surface area contributed by atoms with Crippen molar-refractivity contribution in [1.82, 2.24) is 84.2 Å². The molecule has 43 heteroatoms. The van der Waals surface area contributed by atoms with Gasteiger partial charge in [-0.2, -0.15) is 0 Å². The molecule has 680 valence electrons. The molecule has 0 spiro atoms. The number of benzene rings is 2. The Labute approximate surface area is 712 Å². The SMILES string of the molecule is CC[C@H](C)[C@H](NC(=O)[C@H](Cc1ccc(O)cc1)NC(=O)[C@@H]1CCCN1C(=O)[C@H](CCCNC(=N)N)NC(=O)[C@H](CCCNC(=N)N)NC(=O)[C@@H]1CCCN1C(=O)[C@H](CCCCN)NC(=O)C(CC(N)=O)NC(=O)[C@H](CCC(=O)O)NC(=O)[C@H](Cc1ccc(O)cc1)NC(=O)[C@H](CC(C)C)NC(=O)CNC(=O)[C@@H]1CCC(=O)N1)C(=O)N[C@@H](CC(C)C)C(=O)O. The largest absolute Gasteiger partial charge is 0.508 e. The maximum Gasteiger partial charge on any atom is 0.326 e. The second-order valence-corrected chi connectivity index (χ2v) is 31.9. The standard InChI is InChI=1S/C80H124N22O21/c1-7-44(6)65(75(119)99-58(78(122)123)37-43(4)5)100-72(116)56(39-46-21-25-48(104)26-22-46)98-74(118)60-18-13-35-102(60)77(121)53(16-11-33-88-80(85)86)94-67(111)49(15-10-32-87-79(83)84)93-73(117)59-17-12-34-101(59)76(120)52(14-8-9-31-81)95-71(115)57(40-61(82)105)97-68(112)51(28-30-64(108)109)92-70(114)55(38-45-19-23-47(103)24-20-45)96-69(113)54(36-42(2)3)91-63(107)41-89-66(110)50-27-29-62(106)90-50/h19-26,42-44,49-60,65,103-104H,7-18,27-41,81H2,1-6H3,(H2,82,105)(H,89,110)(H,90,106)(H,91,107)(H,92,114)(H,93,117)(H,94,111)(H,95,115)(H,96,113)(H,97,112)(H,98,118)(H,99,119)(H,100,116)(H,108,109)(H,122,123)(H4,83,84,87)(H4,85,86,88)/t44-,49-,50-,51-,52-,53-,54-,55-,56-,57?,58-,59-,60-,65-/m0/s1. The lowest BCUT2D eigenvalue weighted by Gasteiger charge is -2.32. The van der Waals surface area contributed by atoms with Crippen LogP contribution in [0.15, 0.2) is 48.5 Å². The molecule has 0 bridgehead atoms. The predicted octanol–water partition coefficient (Wildman–Crippen LogP) is -4.27. The van der Waals surface area contributed by atoms with Gasteiger partial charge in [-0.3, -0.25) is 87.5 Å². The van der Waals surface area contributed by atoms with Gasteiger partial charge in [0.2, 0.25) is 88.6 Å². The minimum Gasteiger partial charge on any atom is -0.508 e. The number of phenolic OH excluding ortho intramolecular Hbond substituents is 2. The van der Waals surface area contributed by atoms with E-state index in [4.69, 9.17) is 33.8 Å². The van der Waals surface area contributed by atoms with Crippen LogP contribution in [-0.2, 0) is 94.3 Å². The first-order valence-electron chi connectivity index (χ1n) is 41.5. The van der Waals surface area contributed by atoms with Gasteiger partial charge in [-0.1, -0.05) is 72.2 Å². The lowest BCUT2D eigenvalue weighted by molar-refractivity contribution is -0.144. The van der Waals surface area contributed by atoms with E-state index in [0.717, 1.165) is 4.90 Å². The Balaban J connectivity index is 1.40. The number of hydrogen-bond acceptors (Lipinski definition) is 22. The van der Waals surface area contributed by atoms with Crippen LogP contribution in [0.5, 0.6) is 11.5 Å². The number of guanidine groups is 2. The molecule has 14 atom stereocenters. The molecule has 3 aliphatic rings. The molecule has 3 heterocycles. The van der Waals surface area contributed by atoms with E-state index in [-0.39, 0.29) is 165 Å². The first-order valence-corrected chi connectivity index (χ1v) is 41.5. The number of unbranched alkanes of at least 4 members (excludes halogenated alkanes) is 1. The van der Waals surface area contributed by atoms with Crippen LogP contribution in [0, 0.1) is 28.6 Å². The average molecular weight is 1730 g/mol. The minimum absolute atomic E-state index is 0.00514. The lowest BCUT2D eigenvalue weighted by Crippen LogP contribution is -2.61. The zero-order valence-corrected chi connectivity index (χ0v) is 70.4. The van der Waals surface area contributed by atoms with Crippen molar-refractivity contribution in [2.45, 2.75) is 255 Å². The summed E-state index contributed by atoms with van der Waals surface area (Å²) in [6.45, 7) is 9.84. The molecule has 0 aromatic heterocycles. The van der Waals surface area contributed by atoms with Crippen molar-refractivity contribution in [3.8, 4) is 11.5 Å². The van der Waals surface area contributed by atoms with Crippen LogP contribution in [0.1, 0.15) is 175 Å². The second kappa shape index (κ2) is 50.7. The van der Waals surface area contributed by atoms with Crippen LogP contribution in [0.25, 0.3) is 0 Å². The highest BCUT2D eigenvalue weighted by Gasteiger charge is 2.44. The lowest BCUT2D eigenvalue weighted by atomic mass is 9.96. The van der Waals surface area contributed by atoms with Crippen molar-refractivity contribution in [3.63, 3.8) is 0 Å². The third-order valence-electron chi connectivity index (χ3n) is 21.0. The van der Waals surface area contributed by atoms with Crippen LogP contribution in [-0.4, -0.2) is 261 Å². The topological polar surface area (TPSA) is 698 Å². The molecular weight excluding hydrogens is 1610 g/mol. The van der Waals surface area contributed by atoms with E-state index in [1.165, 1.54) is 53.4 Å². The molecule has 3 fully saturated rings. The van der Waals surface area contributed by atoms with Crippen molar-refractivity contribution in [3.05, 3.63) is 59.7 Å². The number of rotatable bonds is 52. The van der Waals surface area contributed by atoms with Gasteiger partial charge in [-0.15, -0.1) is 0 Å². The smallest absolute Gasteiger partial charge is 0.326 e. The molecule has 3 aliphatic heterocycles. The molecule has 0 radical (unpaired) electrons. The average Bonchev–Trinajstić information content (AvgIpc) is 1.74. The number of nitrogens with two attached hydrogens (primary N) is 4. The Morgan fingerprint density at radius 2 is 0.911 bits per heavy atom. The van der Waals surface area contributed by atoms with E-state index < -0.39 is 217 Å². The maximum absolute atomic E-state index is 15.2. The normalized spacial score (nSPS) is 17.5. The number of hydrogen-bond donors (Lipinski definition) is 24. The van der Waals surface area contributed by atoms with Crippen molar-refractivity contribution in [2.24, 2.45) is 40.7 Å². The van der Waals surface area contributed by atoms with Crippen LogP contribution < -0.4 is 97.4 Å². The number of carboxylic acid groups (broad SMARTS) is 2. The fraction of sp³-hybridized carbons (Fsp3) is 0.613. The fourth-order valence-corrected chi connectivity index (χ4v) is 14.3. The number of nitrogens with zero attached hydrogens (tertiary/aromatic N) is 2. The number of aliphatic carboxylic acids is 2. The summed E-state index contributed by atoms with van der Waals surface area (Å²) in [5, 5.41) is 91.7. The van der Waals surface area contributed by atoms with Crippen molar-refractivity contribution in [2.75, 3.05) is 39.3 Å². The van der Waals surface area contributed by atoms with Gasteiger partial charge < -0.3 is 128 Å². The van der Waals surface area contributed by atoms with Gasteiger partial charge in [0, 0.05) is 51.9 Å². The number of primary amides is 1. The van der Waals surface area contributed by atoms with Crippen LogP contribution in [0.3, 0.4) is 0 Å². The van der Waals surface area contributed by atoms with Crippen molar-refractivity contribution in [1.29, 1.82) is 10.8 Å². The monoisotopic (exact) mass is 1730 g/mol. The highest BCUT2D eigenvalue weighted by molar-refractivity contribution is 6.01. The molecule has 43 nitrogen and oxygen atoms in total. The van der Waals surface area contributed by atoms with Crippen LogP contribution in [0.2, 0.25) is 0 Å². The molecule has 0 saturated carbocycles. The number of carbonyl (C=O) groups is 17. The van der Waals surface area contributed by atoms with Gasteiger partial charge in [-0.25, -0.2) is 4.79 Å². The summed E-state index contributed by atoms with van der Waals surface area (Å²) in [5.41, 5.74) is 23.5. The Bertz CT molecular complexity index is 4040. The fourth-order valence-electron chi connectivity index (χ4n) is 14.3. The quantitative estimate of drug-likeness (QED) is 0.0169. The molecule has 2 aromatic rings. The third-order valence-corrected chi connectivity index (χ3v) is 21.0. The number of likely N-dealkylation sites (tertiary alicyclic amines) is 2. The molecule has 2 aromatic carbocycles. The molecule has 28 N–H and O–H groups in total. The van der Waals surface area contributed by atoms with Crippen LogP contribution in [0.4, 0.5) is 0 Å². The summed E-state index contributed by atoms with van der Waals surface area (Å²) in [7, 11) is 0. The van der Waals surface area contributed by atoms with Gasteiger partial charge in [0.25, 0.3) is 0 Å². The van der Waals surface area contributed by atoms with E-state index >= 15 is 9.59 Å². The number of phenols is 2. The van der Waals surface area contributed by atoms with Gasteiger partial charge in [-0.05, 0) is 156 Å². The summed E-state index contributed by atoms with van der Waals surface area (Å²) in [6, 6.07) is -7.72. The van der Waals surface area contributed by atoms with Gasteiger partial charge in [0.05, 0.1) is 13.0 Å². The number of amides is 15. The molecular formula is C80H124N22O21. The zero-order valence-electron chi connectivity index (χ0n) is 70.4. The molecule has 15 amide bonds. The second-order valence-electron chi connectivity index (χ2n) is 31.9. The molecule has 5 rings (SSSR count). The predicted molar refractivity (Wildman–Crippen MR) is 444 cm³/mol. The van der Waals surface area contributed by atoms with E-state index in [0.29, 0.717) is 24.0 Å². The minimum atomic E-state index is -1.95. The Morgan fingerprint density at radius 1 is 0.488 bits per heavy atom. The van der Waals surface area contributed by atoms with Gasteiger partial charge in [0.15, 0.2) is 11.9 Å². The van der Waals surface area contributed by atoms with Crippen LogP contribution >= 0.6 is 0 Å². The summed E-state index contributed by atoms with van der Waals surface area (Å²) in [4.78, 5) is 239. The Hall–Kier alpha value is -12.5. The molecule has 1 unspecified atom stereocenters. The van der Waals surface area contributed by atoms with Crippen molar-refractivity contribution >= 4 is 112 Å². The summed E-state index contributed by atoms with van der Waals surface area (Å²) in [6.07, 6.45) is -1.67. The van der Waals surface area contributed by atoms with Gasteiger partial charge >= 0.3 is 11.9 Å².